The highest BCUT2D eigenvalue weighted by Crippen LogP contribution is 2.32. The summed E-state index contributed by atoms with van der Waals surface area (Å²) in [5.41, 5.74) is -0.646. The molecule has 5 heteroatoms. The number of hydrogen-bond donors (Lipinski definition) is 0. The third-order valence-electron chi connectivity index (χ3n) is 2.32. The molecule has 0 aromatic rings. The van der Waals surface area contributed by atoms with Gasteiger partial charge in [0, 0.05) is 12.0 Å². The van der Waals surface area contributed by atoms with Crippen LogP contribution in [0.1, 0.15) is 26.7 Å². The molecule has 0 unspecified atom stereocenters. The van der Waals surface area contributed by atoms with E-state index in [9.17, 15) is 18.0 Å². The molecule has 0 aliphatic carbocycles. The monoisotopic (exact) mass is 195 g/mol. The molecule has 0 bridgehead atoms. The molecule has 1 heterocycles. The topological polar surface area (TPSA) is 20.3 Å². The van der Waals surface area contributed by atoms with Gasteiger partial charge >= 0.3 is 6.18 Å². The van der Waals surface area contributed by atoms with E-state index in [4.69, 9.17) is 0 Å². The quantitative estimate of drug-likeness (QED) is 0.626. The first-order chi connectivity index (χ1) is 5.72. The lowest BCUT2D eigenvalue weighted by Crippen LogP contribution is -2.46. The van der Waals surface area contributed by atoms with E-state index in [1.54, 1.807) is 13.8 Å². The molecule has 1 amide bonds. The summed E-state index contributed by atoms with van der Waals surface area (Å²) >= 11 is 0. The first-order valence-corrected chi connectivity index (χ1v) is 4.10. The van der Waals surface area contributed by atoms with Gasteiger partial charge in [-0.05, 0) is 20.3 Å². The van der Waals surface area contributed by atoms with Gasteiger partial charge in [-0.3, -0.25) is 4.79 Å². The van der Waals surface area contributed by atoms with Crippen LogP contribution in [0.25, 0.3) is 0 Å². The van der Waals surface area contributed by atoms with Gasteiger partial charge in [0.25, 0.3) is 0 Å². The third kappa shape index (κ3) is 2.35. The van der Waals surface area contributed by atoms with Gasteiger partial charge in [-0.2, -0.15) is 13.2 Å². The molecule has 2 nitrogen and oxygen atoms in total. The number of hydrogen-bond acceptors (Lipinski definition) is 1. The Bertz CT molecular complexity index is 222. The minimum Gasteiger partial charge on any atom is -0.328 e. The van der Waals surface area contributed by atoms with Crippen LogP contribution in [0, 0.1) is 0 Å². The van der Waals surface area contributed by atoms with E-state index in [1.807, 2.05) is 0 Å². The third-order valence-corrected chi connectivity index (χ3v) is 2.32. The smallest absolute Gasteiger partial charge is 0.328 e. The molecule has 0 aromatic heterocycles. The molecule has 1 aliphatic rings. The molecule has 76 valence electrons. The lowest BCUT2D eigenvalue weighted by molar-refractivity contribution is -0.165. The van der Waals surface area contributed by atoms with E-state index in [2.05, 4.69) is 0 Å². The second-order valence-corrected chi connectivity index (χ2v) is 3.91. The SMILES string of the molecule is CC1(C)CCC(=O)N1CC(F)(F)F. The summed E-state index contributed by atoms with van der Waals surface area (Å²) in [5.74, 6) is -0.401. The number of nitrogens with zero attached hydrogens (tertiary/aromatic N) is 1. The van der Waals surface area contributed by atoms with Crippen molar-refractivity contribution in [1.29, 1.82) is 0 Å². The fourth-order valence-corrected chi connectivity index (χ4v) is 1.50. The molecular weight excluding hydrogens is 183 g/mol. The molecule has 0 spiro atoms. The summed E-state index contributed by atoms with van der Waals surface area (Å²) < 4.78 is 36.1. The van der Waals surface area contributed by atoms with Gasteiger partial charge < -0.3 is 4.90 Å². The van der Waals surface area contributed by atoms with Crippen molar-refractivity contribution < 1.29 is 18.0 Å². The predicted octanol–water partition coefficient (Wildman–Crippen LogP) is 1.95. The molecule has 0 saturated carbocycles. The molecule has 1 rings (SSSR count). The second kappa shape index (κ2) is 2.89. The summed E-state index contributed by atoms with van der Waals surface area (Å²) in [6.07, 6.45) is -3.57. The highest BCUT2D eigenvalue weighted by Gasteiger charge is 2.43. The zero-order valence-corrected chi connectivity index (χ0v) is 7.61. The average molecular weight is 195 g/mol. The molecule has 1 saturated heterocycles. The second-order valence-electron chi connectivity index (χ2n) is 3.91. The first kappa shape index (κ1) is 10.3. The zero-order valence-electron chi connectivity index (χ0n) is 7.61. The van der Waals surface area contributed by atoms with E-state index in [-0.39, 0.29) is 6.42 Å². The van der Waals surface area contributed by atoms with Gasteiger partial charge in [-0.1, -0.05) is 0 Å². The Kier molecular flexibility index (Phi) is 2.30. The van der Waals surface area contributed by atoms with Crippen LogP contribution in [0.4, 0.5) is 13.2 Å². The maximum absolute atomic E-state index is 12.0. The number of carbonyl (C=O) groups is 1. The highest BCUT2D eigenvalue weighted by molar-refractivity contribution is 5.79. The Morgan fingerprint density at radius 3 is 2.31 bits per heavy atom. The average Bonchev–Trinajstić information content (AvgIpc) is 2.13. The van der Waals surface area contributed by atoms with Gasteiger partial charge in [-0.25, -0.2) is 0 Å². The largest absolute Gasteiger partial charge is 0.406 e. The molecule has 0 radical (unpaired) electrons. The highest BCUT2D eigenvalue weighted by atomic mass is 19.4. The molecule has 13 heavy (non-hydrogen) atoms. The summed E-state index contributed by atoms with van der Waals surface area (Å²) in [6, 6.07) is 0. The van der Waals surface area contributed by atoms with E-state index < -0.39 is 24.2 Å². The first-order valence-electron chi connectivity index (χ1n) is 4.10. The summed E-state index contributed by atoms with van der Waals surface area (Å²) in [7, 11) is 0. The fourth-order valence-electron chi connectivity index (χ4n) is 1.50. The molecular formula is C8H12F3NO. The van der Waals surface area contributed by atoms with Crippen molar-refractivity contribution in [3.63, 3.8) is 0 Å². The van der Waals surface area contributed by atoms with E-state index in [1.165, 1.54) is 0 Å². The van der Waals surface area contributed by atoms with Gasteiger partial charge in [0.05, 0.1) is 0 Å². The predicted molar refractivity (Wildman–Crippen MR) is 41.1 cm³/mol. The normalized spacial score (nSPS) is 22.5. The van der Waals surface area contributed by atoms with Crippen LogP contribution in [-0.2, 0) is 4.79 Å². The van der Waals surface area contributed by atoms with Crippen LogP contribution in [-0.4, -0.2) is 29.1 Å². The molecule has 0 aromatic carbocycles. The van der Waals surface area contributed by atoms with Crippen molar-refractivity contribution in [3.05, 3.63) is 0 Å². The van der Waals surface area contributed by atoms with Gasteiger partial charge in [0.2, 0.25) is 5.91 Å². The van der Waals surface area contributed by atoms with Crippen LogP contribution in [0.15, 0.2) is 0 Å². The summed E-state index contributed by atoms with van der Waals surface area (Å²) in [6.45, 7) is 2.19. The van der Waals surface area contributed by atoms with Gasteiger partial charge in [-0.15, -0.1) is 0 Å². The number of likely N-dealkylation sites (tertiary alicyclic amines) is 1. The summed E-state index contributed by atoms with van der Waals surface area (Å²) in [5, 5.41) is 0. The van der Waals surface area contributed by atoms with Crippen molar-refractivity contribution in [3.8, 4) is 0 Å². The van der Waals surface area contributed by atoms with Crippen molar-refractivity contribution in [2.75, 3.05) is 6.54 Å². The van der Waals surface area contributed by atoms with Crippen molar-refractivity contribution in [2.45, 2.75) is 38.4 Å². The van der Waals surface area contributed by atoms with Crippen LogP contribution in [0.5, 0.6) is 0 Å². The Morgan fingerprint density at radius 1 is 1.46 bits per heavy atom. The Hall–Kier alpha value is -0.740. The van der Waals surface area contributed by atoms with Crippen LogP contribution in [0.2, 0.25) is 0 Å². The van der Waals surface area contributed by atoms with Crippen molar-refractivity contribution in [2.24, 2.45) is 0 Å². The number of amides is 1. The lowest BCUT2D eigenvalue weighted by atomic mass is 10.0. The van der Waals surface area contributed by atoms with E-state index in [0.29, 0.717) is 6.42 Å². The Morgan fingerprint density at radius 2 is 2.00 bits per heavy atom. The van der Waals surface area contributed by atoms with Crippen LogP contribution < -0.4 is 0 Å². The van der Waals surface area contributed by atoms with Gasteiger partial charge in [0.1, 0.15) is 6.54 Å². The fraction of sp³-hybridized carbons (Fsp3) is 0.875. The Balaban J connectivity index is 2.72. The molecule has 0 N–H and O–H groups in total. The van der Waals surface area contributed by atoms with E-state index >= 15 is 0 Å². The zero-order chi connectivity index (χ0) is 10.3. The van der Waals surface area contributed by atoms with Crippen molar-refractivity contribution in [1.82, 2.24) is 4.90 Å². The van der Waals surface area contributed by atoms with E-state index in [0.717, 1.165) is 4.90 Å². The molecule has 1 aliphatic heterocycles. The minimum atomic E-state index is -4.29. The lowest BCUT2D eigenvalue weighted by Gasteiger charge is -2.32. The number of alkyl halides is 3. The number of carbonyl (C=O) groups excluding carboxylic acids is 1. The van der Waals surface area contributed by atoms with Gasteiger partial charge in [0.15, 0.2) is 0 Å². The molecule has 0 atom stereocenters. The molecule has 1 fully saturated rings. The standard InChI is InChI=1S/C8H12F3NO/c1-7(2)4-3-6(13)12(7)5-8(9,10)11/h3-5H2,1-2H3. The minimum absolute atomic E-state index is 0.225. The summed E-state index contributed by atoms with van der Waals surface area (Å²) in [4.78, 5) is 12.0. The number of rotatable bonds is 1. The number of halogens is 3. The Labute approximate surface area is 74.7 Å². The van der Waals surface area contributed by atoms with Crippen LogP contribution >= 0.6 is 0 Å². The maximum atomic E-state index is 12.0. The maximum Gasteiger partial charge on any atom is 0.406 e. The van der Waals surface area contributed by atoms with Crippen molar-refractivity contribution >= 4 is 5.91 Å². The van der Waals surface area contributed by atoms with Crippen LogP contribution in [0.3, 0.4) is 0 Å².